The van der Waals surface area contributed by atoms with Crippen molar-refractivity contribution in [3.05, 3.63) is 108 Å². The fourth-order valence-corrected chi connectivity index (χ4v) is 11.3. The van der Waals surface area contributed by atoms with E-state index < -0.39 is 80.4 Å². The molecule has 4 aromatic rings. The molecule has 0 saturated carbocycles. The molecule has 72 heavy (non-hydrogen) atoms. The third-order valence-corrected chi connectivity index (χ3v) is 17.0. The summed E-state index contributed by atoms with van der Waals surface area (Å²) in [5.74, 6) is -0.00271. The number of hydrogen-bond donors (Lipinski definition) is 0. The van der Waals surface area contributed by atoms with Crippen LogP contribution in [0.5, 0.6) is 0 Å². The predicted octanol–water partition coefficient (Wildman–Crippen LogP) is 9.47. The van der Waals surface area contributed by atoms with Gasteiger partial charge in [0.25, 0.3) is 0 Å². The summed E-state index contributed by atoms with van der Waals surface area (Å²) < 4.78 is 123. The van der Waals surface area contributed by atoms with Crippen LogP contribution in [-0.2, 0) is 35.0 Å². The van der Waals surface area contributed by atoms with Gasteiger partial charge in [0.05, 0.1) is 46.7 Å². The van der Waals surface area contributed by atoms with Gasteiger partial charge in [0, 0.05) is 39.1 Å². The Morgan fingerprint density at radius 1 is 0.528 bits per heavy atom. The molecule has 1 aromatic heterocycles. The van der Waals surface area contributed by atoms with Crippen LogP contribution in [0.25, 0.3) is 16.7 Å². The van der Waals surface area contributed by atoms with Crippen LogP contribution in [0.15, 0.2) is 97.3 Å². The van der Waals surface area contributed by atoms with Crippen molar-refractivity contribution in [2.75, 3.05) is 39.3 Å². The fourth-order valence-electron chi connectivity index (χ4n) is 11.3. The van der Waals surface area contributed by atoms with Crippen molar-refractivity contribution in [3.63, 3.8) is 0 Å². The zero-order valence-electron chi connectivity index (χ0n) is 43.1. The van der Waals surface area contributed by atoms with Gasteiger partial charge in [0.1, 0.15) is 0 Å². The first-order valence-electron chi connectivity index (χ1n) is 25.4. The van der Waals surface area contributed by atoms with E-state index in [1.165, 1.54) is 9.80 Å². The second-order valence-corrected chi connectivity index (χ2v) is 22.8. The smallest absolute Gasteiger partial charge is 0.399 e. The van der Waals surface area contributed by atoms with Crippen molar-refractivity contribution in [3.8, 4) is 11.1 Å². The Morgan fingerprint density at radius 2 is 0.972 bits per heavy atom. The number of aromatic nitrogens is 1. The number of benzene rings is 3. The molecular formula is C54H68B3F6N3O6. The number of halogens is 6. The van der Waals surface area contributed by atoms with Crippen molar-refractivity contribution in [1.29, 1.82) is 0 Å². The van der Waals surface area contributed by atoms with E-state index in [2.05, 4.69) is 78.1 Å². The molecule has 0 spiro atoms. The summed E-state index contributed by atoms with van der Waals surface area (Å²) in [6, 6.07) is 26.0. The van der Waals surface area contributed by atoms with E-state index in [0.717, 1.165) is 44.2 Å². The van der Waals surface area contributed by atoms with E-state index in [4.69, 9.17) is 27.9 Å². The summed E-state index contributed by atoms with van der Waals surface area (Å²) >= 11 is 0. The predicted molar refractivity (Wildman–Crippen MR) is 272 cm³/mol. The van der Waals surface area contributed by atoms with Crippen LogP contribution in [0.3, 0.4) is 0 Å². The highest BCUT2D eigenvalue weighted by atomic mass is 19.4. The van der Waals surface area contributed by atoms with Crippen LogP contribution in [0, 0.1) is 0 Å². The highest BCUT2D eigenvalue weighted by molar-refractivity contribution is 6.63. The highest BCUT2D eigenvalue weighted by Crippen LogP contribution is 2.51. The zero-order chi connectivity index (χ0) is 51.7. The van der Waals surface area contributed by atoms with Crippen molar-refractivity contribution in [1.82, 2.24) is 14.4 Å². The van der Waals surface area contributed by atoms with E-state index in [0.29, 0.717) is 58.2 Å². The van der Waals surface area contributed by atoms with Crippen molar-refractivity contribution in [2.45, 2.75) is 146 Å². The van der Waals surface area contributed by atoms with Crippen molar-refractivity contribution >= 4 is 43.3 Å². The molecule has 0 N–H and O–H groups in total. The molecule has 5 aliphatic rings. The second kappa shape index (κ2) is 19.4. The number of alkyl halides is 6. The minimum atomic E-state index is -4.26. The van der Waals surface area contributed by atoms with Gasteiger partial charge in [-0.25, -0.2) is 0 Å². The van der Waals surface area contributed by atoms with Gasteiger partial charge in [-0.15, -0.1) is 0 Å². The van der Waals surface area contributed by atoms with Gasteiger partial charge < -0.3 is 32.5 Å². The van der Waals surface area contributed by atoms with Gasteiger partial charge in [-0.1, -0.05) is 78.9 Å². The number of nitrogens with zero attached hydrogens (tertiary/aromatic N) is 3. The molecule has 9 nitrogen and oxygen atoms in total. The first kappa shape index (κ1) is 53.0. The Hall–Kier alpha value is -3.87. The zero-order valence-corrected chi connectivity index (χ0v) is 43.1. The topological polar surface area (TPSA) is 66.8 Å². The maximum Gasteiger partial charge on any atom is 0.494 e. The first-order valence-corrected chi connectivity index (χ1v) is 25.4. The van der Waals surface area contributed by atoms with Gasteiger partial charge in [-0.05, 0) is 157 Å². The molecule has 5 unspecified atom stereocenters. The van der Waals surface area contributed by atoms with Gasteiger partial charge in [0.15, 0.2) is 0 Å². The Balaban J connectivity index is 0.919. The Labute approximate surface area is 422 Å². The Kier molecular flexibility index (Phi) is 14.2. The normalized spacial score (nSPS) is 29.2. The average molecular weight is 1000 g/mol. The molecule has 3 aromatic carbocycles. The third kappa shape index (κ3) is 11.1. The highest BCUT2D eigenvalue weighted by Gasteiger charge is 2.62. The lowest BCUT2D eigenvalue weighted by Crippen LogP contribution is -2.53. The first-order chi connectivity index (χ1) is 33.6. The summed E-state index contributed by atoms with van der Waals surface area (Å²) in [4.78, 5) is 2.90. The molecule has 6 heterocycles. The minimum absolute atomic E-state index is 0.00271. The maximum atomic E-state index is 13.2. The summed E-state index contributed by atoms with van der Waals surface area (Å²) in [6.07, 6.45) is 1.03. The summed E-state index contributed by atoms with van der Waals surface area (Å²) in [7, 11) is 0.00903. The molecule has 0 amide bonds. The number of hydrogen-bond acceptors (Lipinski definition) is 8. The lowest BCUT2D eigenvalue weighted by atomic mass is 9.72. The number of likely N-dealkylation sites (tertiary alicyclic amines) is 1. The van der Waals surface area contributed by atoms with Crippen molar-refractivity contribution < 1.29 is 54.3 Å². The van der Waals surface area contributed by atoms with Crippen LogP contribution in [0.1, 0.15) is 111 Å². The summed E-state index contributed by atoms with van der Waals surface area (Å²) in [5, 5.41) is 0. The van der Waals surface area contributed by atoms with Crippen molar-refractivity contribution in [2.24, 2.45) is 7.05 Å². The molecule has 9 rings (SSSR count). The summed E-state index contributed by atoms with van der Waals surface area (Å²) in [6.45, 7) is 16.1. The van der Waals surface area contributed by atoms with E-state index in [1.807, 2.05) is 86.3 Å². The number of aryl methyl sites for hydroxylation is 1. The largest absolute Gasteiger partial charge is 0.494 e. The van der Waals surface area contributed by atoms with Gasteiger partial charge in [-0.2, -0.15) is 26.3 Å². The SMILES string of the molecule is Cn1ccc(-c2ccc(B3OC(C)(C)C(C)(CCC4(C)OB(c5ccc(C6CCN(CC(F)(F)F)C6)cc5)OC4(C)CCC4(C)OB(c5ccc(C6=CCCN(CC(F)(F)F)C6)cc5)OC4(C)C)O3)cc2)c1. The van der Waals surface area contributed by atoms with Crippen LogP contribution in [0.2, 0.25) is 0 Å². The molecule has 0 radical (unpaired) electrons. The standard InChI is InChI=1S/C54H68B3F6N3O6/c1-47(2)49(5,69-55(67-47)44-18-12-38(13-19-44)41-11-10-30-65(34-41)36-53(58,59)60)26-28-51(7)52(8,72-57(71-51)46-22-16-40(17-23-46)43-25-32-66(35-43)37-54(61,62)63)29-27-50(6)48(3,4)68-56(70-50)45-20-14-39(15-21-45)42-24-31-64(9)33-42/h11-24,31,33,43H,10,25-30,32,34-37H2,1-9H3. The third-order valence-electron chi connectivity index (χ3n) is 17.0. The molecule has 5 atom stereocenters. The molecule has 386 valence electrons. The van der Waals surface area contributed by atoms with Gasteiger partial charge >= 0.3 is 33.7 Å². The van der Waals surface area contributed by atoms with E-state index in [9.17, 15) is 26.3 Å². The Bertz CT molecular complexity index is 2580. The molecule has 4 fully saturated rings. The summed E-state index contributed by atoms with van der Waals surface area (Å²) in [5.41, 5.74) is 2.88. The van der Waals surface area contributed by atoms with Crippen LogP contribution < -0.4 is 16.4 Å². The quantitative estimate of drug-likeness (QED) is 0.0916. The van der Waals surface area contributed by atoms with Gasteiger partial charge in [0.2, 0.25) is 0 Å². The molecule has 18 heteroatoms. The molecule has 0 bridgehead atoms. The van der Waals surface area contributed by atoms with Crippen LogP contribution in [0.4, 0.5) is 26.3 Å². The minimum Gasteiger partial charge on any atom is -0.399 e. The van der Waals surface area contributed by atoms with E-state index >= 15 is 0 Å². The fraction of sp³-hybridized carbons (Fsp3) is 0.556. The molecular weight excluding hydrogens is 933 g/mol. The second-order valence-electron chi connectivity index (χ2n) is 22.8. The maximum absolute atomic E-state index is 13.2. The lowest BCUT2D eigenvalue weighted by molar-refractivity contribution is -0.145. The van der Waals surface area contributed by atoms with E-state index in [1.54, 1.807) is 0 Å². The Morgan fingerprint density at radius 3 is 1.46 bits per heavy atom. The van der Waals surface area contributed by atoms with Crippen LogP contribution >= 0.6 is 0 Å². The van der Waals surface area contributed by atoms with Gasteiger partial charge in [-0.3, -0.25) is 9.80 Å². The lowest BCUT2D eigenvalue weighted by Gasteiger charge is -2.45. The average Bonchev–Trinajstić information content (AvgIpc) is 4.11. The molecule has 4 saturated heterocycles. The monoisotopic (exact) mass is 1000 g/mol. The number of rotatable bonds is 14. The van der Waals surface area contributed by atoms with Crippen LogP contribution in [-0.4, -0.2) is 121 Å². The van der Waals surface area contributed by atoms with E-state index in [-0.39, 0.29) is 12.5 Å². The molecule has 0 aliphatic carbocycles. The molecule has 5 aliphatic heterocycles.